The molecule has 1 unspecified atom stereocenters. The first-order valence-corrected chi connectivity index (χ1v) is 7.92. The molecular weight excluding hydrogens is 332 g/mol. The first-order chi connectivity index (χ1) is 12.5. The molecule has 26 heavy (non-hydrogen) atoms. The van der Waals surface area contributed by atoms with Gasteiger partial charge in [-0.3, -0.25) is 4.98 Å². The van der Waals surface area contributed by atoms with Crippen molar-refractivity contribution in [3.05, 3.63) is 52.6 Å². The first kappa shape index (κ1) is 18.8. The fourth-order valence-electron chi connectivity index (χ4n) is 2.71. The fourth-order valence-corrected chi connectivity index (χ4v) is 2.71. The molecule has 1 aromatic heterocycles. The molecule has 1 aromatic rings. The summed E-state index contributed by atoms with van der Waals surface area (Å²) in [5.74, 6) is 2.38. The van der Waals surface area contributed by atoms with E-state index in [4.69, 9.17) is 11.2 Å². The van der Waals surface area contributed by atoms with Gasteiger partial charge in [-0.25, -0.2) is 9.59 Å². The number of unbranched alkanes of at least 4 members (excludes halogenated alkanes) is 1. The van der Waals surface area contributed by atoms with Crippen LogP contribution in [0.3, 0.4) is 0 Å². The van der Waals surface area contributed by atoms with Crippen molar-refractivity contribution in [2.45, 2.75) is 32.6 Å². The van der Waals surface area contributed by atoms with Crippen LogP contribution in [0.1, 0.15) is 38.3 Å². The standard InChI is InChI=1S/C20H18N2O4/c1-4-5-6-9-12-26-20(25)17-14(3)22-13(2)16(19(23)24)18(17)15-10-7-8-11-21-15/h1,7-8,10-11,18,22H,5-6H2,2-3H3,(H,23,24). The number of allylic oxidation sites excluding steroid dienone is 2. The number of aromatic nitrogens is 1. The van der Waals surface area contributed by atoms with Crippen LogP contribution in [0.5, 0.6) is 0 Å². The van der Waals surface area contributed by atoms with Crippen molar-refractivity contribution in [2.24, 2.45) is 0 Å². The Bertz CT molecular complexity index is 880. The van der Waals surface area contributed by atoms with Gasteiger partial charge in [0.2, 0.25) is 0 Å². The number of aliphatic carboxylic acids is 1. The fraction of sp³-hybridized carbons (Fsp3) is 0.250. The van der Waals surface area contributed by atoms with Crippen LogP contribution < -0.4 is 5.32 Å². The molecule has 0 fully saturated rings. The Labute approximate surface area is 152 Å². The number of hydrogen-bond donors (Lipinski definition) is 2. The third-order valence-electron chi connectivity index (χ3n) is 3.80. The summed E-state index contributed by atoms with van der Waals surface area (Å²) in [6.45, 7) is 3.32. The zero-order chi connectivity index (χ0) is 19.1. The van der Waals surface area contributed by atoms with Gasteiger partial charge < -0.3 is 15.2 Å². The minimum absolute atomic E-state index is 0.0431. The molecule has 6 nitrogen and oxygen atoms in total. The van der Waals surface area contributed by atoms with Crippen LogP contribution in [0.4, 0.5) is 0 Å². The minimum Gasteiger partial charge on any atom is -0.478 e. The van der Waals surface area contributed by atoms with Gasteiger partial charge in [0.1, 0.15) is 6.11 Å². The van der Waals surface area contributed by atoms with Crippen molar-refractivity contribution in [1.29, 1.82) is 0 Å². The Kier molecular flexibility index (Phi) is 6.19. The average molecular weight is 350 g/mol. The van der Waals surface area contributed by atoms with E-state index in [9.17, 15) is 14.7 Å². The van der Waals surface area contributed by atoms with E-state index in [1.807, 2.05) is 0 Å². The van der Waals surface area contributed by atoms with Gasteiger partial charge in [0.05, 0.1) is 22.8 Å². The molecule has 2 rings (SSSR count). The third-order valence-corrected chi connectivity index (χ3v) is 3.80. The van der Waals surface area contributed by atoms with Crippen LogP contribution in [0, 0.1) is 24.4 Å². The van der Waals surface area contributed by atoms with E-state index in [0.717, 1.165) is 0 Å². The zero-order valence-corrected chi connectivity index (χ0v) is 14.5. The molecule has 1 aliphatic rings. The number of hydrogen-bond acceptors (Lipinski definition) is 5. The predicted molar refractivity (Wildman–Crippen MR) is 95.1 cm³/mol. The number of rotatable bonds is 4. The number of nitrogens with zero attached hydrogens (tertiary/aromatic N) is 1. The van der Waals surface area contributed by atoms with E-state index >= 15 is 0 Å². The molecule has 1 aliphatic heterocycles. The number of carboxylic acid groups (broad SMARTS) is 1. The number of carboxylic acids is 1. The quantitative estimate of drug-likeness (QED) is 0.492. The van der Waals surface area contributed by atoms with Gasteiger partial charge in [0.25, 0.3) is 0 Å². The van der Waals surface area contributed by atoms with Crippen molar-refractivity contribution in [1.82, 2.24) is 10.3 Å². The van der Waals surface area contributed by atoms with Crippen molar-refractivity contribution >= 4 is 11.9 Å². The smallest absolute Gasteiger partial charge is 0.350 e. The summed E-state index contributed by atoms with van der Waals surface area (Å²) in [5, 5.41) is 12.6. The molecule has 0 spiro atoms. The van der Waals surface area contributed by atoms with E-state index in [0.29, 0.717) is 29.9 Å². The molecule has 6 heteroatoms. The number of carbonyl (C=O) groups excluding carboxylic acids is 1. The Morgan fingerprint density at radius 1 is 1.27 bits per heavy atom. The SMILES string of the molecule is C#CCCC#COC(=O)C1=C(C)NC(C)=C(C(=O)O)C1c1ccccn1. The number of nitrogens with one attached hydrogen (secondary N) is 1. The summed E-state index contributed by atoms with van der Waals surface area (Å²) in [6, 6.07) is 5.12. The molecule has 1 atom stereocenters. The molecular formula is C20H18N2O4. The Morgan fingerprint density at radius 3 is 2.62 bits per heavy atom. The average Bonchev–Trinajstić information content (AvgIpc) is 2.61. The van der Waals surface area contributed by atoms with Gasteiger partial charge in [-0.15, -0.1) is 12.3 Å². The number of esters is 1. The molecule has 0 saturated carbocycles. The summed E-state index contributed by atoms with van der Waals surface area (Å²) >= 11 is 0. The third kappa shape index (κ3) is 4.12. The van der Waals surface area contributed by atoms with Gasteiger partial charge in [-0.1, -0.05) is 12.0 Å². The number of dihydropyridines is 1. The topological polar surface area (TPSA) is 88.5 Å². The molecule has 0 saturated heterocycles. The highest BCUT2D eigenvalue weighted by atomic mass is 16.5. The van der Waals surface area contributed by atoms with Gasteiger partial charge >= 0.3 is 11.9 Å². The van der Waals surface area contributed by atoms with Crippen LogP contribution in [0.25, 0.3) is 0 Å². The van der Waals surface area contributed by atoms with Crippen molar-refractivity contribution < 1.29 is 19.4 Å². The molecule has 0 amide bonds. The van der Waals surface area contributed by atoms with Crippen molar-refractivity contribution in [3.8, 4) is 24.4 Å². The lowest BCUT2D eigenvalue weighted by Crippen LogP contribution is -2.31. The highest BCUT2D eigenvalue weighted by molar-refractivity contribution is 5.99. The summed E-state index contributed by atoms with van der Waals surface area (Å²) in [6.07, 6.45) is 9.87. The van der Waals surface area contributed by atoms with Crippen LogP contribution in [-0.2, 0) is 14.3 Å². The van der Waals surface area contributed by atoms with Crippen LogP contribution >= 0.6 is 0 Å². The molecule has 0 aromatic carbocycles. The summed E-state index contributed by atoms with van der Waals surface area (Å²) < 4.78 is 5.00. The lowest BCUT2D eigenvalue weighted by Gasteiger charge is -2.28. The summed E-state index contributed by atoms with van der Waals surface area (Å²) in [4.78, 5) is 28.6. The molecule has 0 aliphatic carbocycles. The van der Waals surface area contributed by atoms with Crippen LogP contribution in [-0.4, -0.2) is 22.0 Å². The molecule has 2 heterocycles. The second-order valence-electron chi connectivity index (χ2n) is 5.57. The lowest BCUT2D eigenvalue weighted by atomic mass is 9.83. The van der Waals surface area contributed by atoms with E-state index in [-0.39, 0.29) is 11.1 Å². The van der Waals surface area contributed by atoms with Gasteiger partial charge in [0, 0.05) is 30.4 Å². The van der Waals surface area contributed by atoms with Gasteiger partial charge in [-0.2, -0.15) is 0 Å². The van der Waals surface area contributed by atoms with Gasteiger partial charge in [0.15, 0.2) is 0 Å². The monoisotopic (exact) mass is 350 g/mol. The number of ether oxygens (including phenoxy) is 1. The maximum atomic E-state index is 12.6. The first-order valence-electron chi connectivity index (χ1n) is 7.92. The largest absolute Gasteiger partial charge is 0.478 e. The lowest BCUT2D eigenvalue weighted by molar-refractivity contribution is -0.133. The number of pyridine rings is 1. The Hall–Kier alpha value is -3.51. The molecule has 2 N–H and O–H groups in total. The number of terminal acetylenes is 1. The molecule has 0 bridgehead atoms. The summed E-state index contributed by atoms with van der Waals surface area (Å²) in [7, 11) is 0. The summed E-state index contributed by atoms with van der Waals surface area (Å²) in [5.41, 5.74) is 1.60. The minimum atomic E-state index is -1.14. The second kappa shape index (κ2) is 8.55. The van der Waals surface area contributed by atoms with Crippen molar-refractivity contribution in [3.63, 3.8) is 0 Å². The maximum Gasteiger partial charge on any atom is 0.350 e. The Morgan fingerprint density at radius 2 is 2.00 bits per heavy atom. The zero-order valence-electron chi connectivity index (χ0n) is 14.5. The molecule has 132 valence electrons. The maximum absolute atomic E-state index is 12.6. The Balaban J connectivity index is 2.42. The van der Waals surface area contributed by atoms with Crippen molar-refractivity contribution in [2.75, 3.05) is 0 Å². The van der Waals surface area contributed by atoms with Gasteiger partial charge in [-0.05, 0) is 26.0 Å². The second-order valence-corrected chi connectivity index (χ2v) is 5.57. The van der Waals surface area contributed by atoms with E-state index in [1.54, 1.807) is 38.2 Å². The molecule has 0 radical (unpaired) electrons. The van der Waals surface area contributed by atoms with E-state index in [2.05, 4.69) is 28.2 Å². The van der Waals surface area contributed by atoms with E-state index < -0.39 is 17.9 Å². The van der Waals surface area contributed by atoms with E-state index in [1.165, 1.54) is 0 Å². The van der Waals surface area contributed by atoms with Crippen LogP contribution in [0.2, 0.25) is 0 Å². The highest BCUT2D eigenvalue weighted by Crippen LogP contribution is 2.37. The van der Waals surface area contributed by atoms with Crippen LogP contribution in [0.15, 0.2) is 46.9 Å². The highest BCUT2D eigenvalue weighted by Gasteiger charge is 2.38. The number of carbonyl (C=O) groups is 2. The predicted octanol–water partition coefficient (Wildman–Crippen LogP) is 2.32. The normalized spacial score (nSPS) is 16.1.